The van der Waals surface area contributed by atoms with Crippen LogP contribution >= 0.6 is 0 Å². The van der Waals surface area contributed by atoms with Gasteiger partial charge in [0.25, 0.3) is 0 Å². The van der Waals surface area contributed by atoms with Gasteiger partial charge in [0.15, 0.2) is 11.5 Å². The molecule has 5 heteroatoms. The number of hydrogen-bond donors (Lipinski definition) is 1. The molecule has 0 bridgehead atoms. The molecule has 0 aromatic heterocycles. The van der Waals surface area contributed by atoms with Gasteiger partial charge < -0.3 is 19.8 Å². The van der Waals surface area contributed by atoms with Crippen molar-refractivity contribution in [2.45, 2.75) is 32.4 Å². The predicted octanol–water partition coefficient (Wildman–Crippen LogP) is 2.43. The zero-order valence-corrected chi connectivity index (χ0v) is 13.8. The summed E-state index contributed by atoms with van der Waals surface area (Å²) < 4.78 is 11.3. The molecule has 2 unspecified atom stereocenters. The molecule has 2 aliphatic rings. The number of likely N-dealkylation sites (tertiary alicyclic amines) is 1. The molecule has 2 heterocycles. The SMILES string of the molecule is COc1ccc(C2NN=C3CCN(C)CC32)cc1OC(C)C. The first kappa shape index (κ1) is 15.2. The normalized spacial score (nSPS) is 24.7. The first-order chi connectivity index (χ1) is 10.6. The Morgan fingerprint density at radius 1 is 1.32 bits per heavy atom. The summed E-state index contributed by atoms with van der Waals surface area (Å²) in [4.78, 5) is 2.37. The second kappa shape index (κ2) is 6.16. The van der Waals surface area contributed by atoms with Crippen molar-refractivity contribution in [3.8, 4) is 11.5 Å². The Kier molecular flexibility index (Phi) is 4.25. The van der Waals surface area contributed by atoms with Gasteiger partial charge in [-0.05, 0) is 38.6 Å². The molecule has 1 aromatic rings. The lowest BCUT2D eigenvalue weighted by Gasteiger charge is -2.31. The van der Waals surface area contributed by atoms with Crippen LogP contribution in [0.2, 0.25) is 0 Å². The Morgan fingerprint density at radius 3 is 2.86 bits per heavy atom. The van der Waals surface area contributed by atoms with Gasteiger partial charge in [-0.1, -0.05) is 6.07 Å². The standard InChI is InChI=1S/C17H25N3O2/c1-11(2)22-16-9-12(5-6-15(16)21-4)17-13-10-20(3)8-7-14(13)18-19-17/h5-6,9,11,13,17,19H,7-8,10H2,1-4H3. The van der Waals surface area contributed by atoms with Crippen LogP contribution < -0.4 is 14.9 Å². The molecule has 0 spiro atoms. The maximum absolute atomic E-state index is 5.89. The summed E-state index contributed by atoms with van der Waals surface area (Å²) in [5.41, 5.74) is 5.82. The Hall–Kier alpha value is -1.75. The molecule has 0 radical (unpaired) electrons. The molecule has 2 atom stereocenters. The Morgan fingerprint density at radius 2 is 2.14 bits per heavy atom. The van der Waals surface area contributed by atoms with Crippen LogP contribution in [0.1, 0.15) is 31.9 Å². The van der Waals surface area contributed by atoms with Gasteiger partial charge >= 0.3 is 0 Å². The number of rotatable bonds is 4. The van der Waals surface area contributed by atoms with E-state index in [1.165, 1.54) is 11.3 Å². The summed E-state index contributed by atoms with van der Waals surface area (Å²) in [6.07, 6.45) is 1.17. The third-order valence-corrected chi connectivity index (χ3v) is 4.35. The Bertz CT molecular complexity index is 571. The van der Waals surface area contributed by atoms with Crippen molar-refractivity contribution in [1.29, 1.82) is 0 Å². The molecule has 0 amide bonds. The molecule has 1 aromatic carbocycles. The summed E-state index contributed by atoms with van der Waals surface area (Å²) in [6.45, 7) is 6.19. The number of nitrogens with zero attached hydrogens (tertiary/aromatic N) is 2. The second-order valence-electron chi connectivity index (χ2n) is 6.41. The number of piperidine rings is 1. The van der Waals surface area contributed by atoms with Gasteiger partial charge in [0.2, 0.25) is 0 Å². The maximum atomic E-state index is 5.89. The third kappa shape index (κ3) is 2.90. The van der Waals surface area contributed by atoms with Gasteiger partial charge in [0, 0.05) is 31.1 Å². The lowest BCUT2D eigenvalue weighted by Crippen LogP contribution is -2.39. The number of hydrogen-bond acceptors (Lipinski definition) is 5. The largest absolute Gasteiger partial charge is 0.493 e. The van der Waals surface area contributed by atoms with E-state index < -0.39 is 0 Å². The number of ether oxygens (including phenoxy) is 2. The van der Waals surface area contributed by atoms with Crippen molar-refractivity contribution in [1.82, 2.24) is 10.3 Å². The monoisotopic (exact) mass is 303 g/mol. The van der Waals surface area contributed by atoms with Gasteiger partial charge in [0.05, 0.1) is 19.3 Å². The number of benzene rings is 1. The second-order valence-corrected chi connectivity index (χ2v) is 6.41. The van der Waals surface area contributed by atoms with E-state index in [4.69, 9.17) is 9.47 Å². The van der Waals surface area contributed by atoms with Crippen molar-refractivity contribution < 1.29 is 9.47 Å². The highest BCUT2D eigenvalue weighted by Gasteiger charge is 2.36. The highest BCUT2D eigenvalue weighted by molar-refractivity contribution is 5.89. The van der Waals surface area contributed by atoms with E-state index >= 15 is 0 Å². The van der Waals surface area contributed by atoms with Gasteiger partial charge in [-0.2, -0.15) is 5.10 Å². The first-order valence-electron chi connectivity index (χ1n) is 7.93. The van der Waals surface area contributed by atoms with Crippen LogP contribution in [0.3, 0.4) is 0 Å². The summed E-state index contributed by atoms with van der Waals surface area (Å²) in [7, 11) is 3.85. The van der Waals surface area contributed by atoms with Crippen LogP contribution in [0.15, 0.2) is 23.3 Å². The molecule has 0 saturated carbocycles. The molecule has 1 N–H and O–H groups in total. The summed E-state index contributed by atoms with van der Waals surface area (Å²) in [6, 6.07) is 6.40. The third-order valence-electron chi connectivity index (χ3n) is 4.35. The summed E-state index contributed by atoms with van der Waals surface area (Å²) in [5, 5.41) is 4.55. The minimum Gasteiger partial charge on any atom is -0.493 e. The molecule has 0 aliphatic carbocycles. The van der Waals surface area contributed by atoms with Crippen molar-refractivity contribution in [3.05, 3.63) is 23.8 Å². The maximum Gasteiger partial charge on any atom is 0.161 e. The lowest BCUT2D eigenvalue weighted by atomic mass is 9.86. The number of methoxy groups -OCH3 is 1. The number of nitrogens with one attached hydrogen (secondary N) is 1. The summed E-state index contributed by atoms with van der Waals surface area (Å²) >= 11 is 0. The molecule has 3 rings (SSSR count). The van der Waals surface area contributed by atoms with Crippen LogP contribution in [-0.4, -0.2) is 44.0 Å². The fraction of sp³-hybridized carbons (Fsp3) is 0.588. The van der Waals surface area contributed by atoms with E-state index in [0.29, 0.717) is 5.92 Å². The van der Waals surface area contributed by atoms with E-state index in [9.17, 15) is 0 Å². The van der Waals surface area contributed by atoms with E-state index in [1.807, 2.05) is 19.9 Å². The van der Waals surface area contributed by atoms with E-state index in [2.05, 4.69) is 34.6 Å². The predicted molar refractivity (Wildman–Crippen MR) is 87.7 cm³/mol. The highest BCUT2D eigenvalue weighted by atomic mass is 16.5. The number of fused-ring (bicyclic) bond motifs is 1. The molecule has 1 saturated heterocycles. The van der Waals surface area contributed by atoms with Crippen LogP contribution in [0, 0.1) is 5.92 Å². The van der Waals surface area contributed by atoms with Gasteiger partial charge in [-0.3, -0.25) is 0 Å². The quantitative estimate of drug-likeness (QED) is 0.928. The Labute approximate surface area is 132 Å². The minimum atomic E-state index is 0.119. The lowest BCUT2D eigenvalue weighted by molar-refractivity contribution is 0.229. The molecule has 1 fully saturated rings. The van der Waals surface area contributed by atoms with E-state index in [1.54, 1.807) is 7.11 Å². The topological polar surface area (TPSA) is 46.1 Å². The van der Waals surface area contributed by atoms with Crippen molar-refractivity contribution in [3.63, 3.8) is 0 Å². The minimum absolute atomic E-state index is 0.119. The molecule has 5 nitrogen and oxygen atoms in total. The Balaban J connectivity index is 1.85. The van der Waals surface area contributed by atoms with Crippen LogP contribution in [0.5, 0.6) is 11.5 Å². The fourth-order valence-electron chi connectivity index (χ4n) is 3.24. The van der Waals surface area contributed by atoms with Gasteiger partial charge in [-0.25, -0.2) is 0 Å². The molecular formula is C17H25N3O2. The molecular weight excluding hydrogens is 278 g/mol. The molecule has 120 valence electrons. The van der Waals surface area contributed by atoms with E-state index in [0.717, 1.165) is 31.0 Å². The average Bonchev–Trinajstić information content (AvgIpc) is 2.89. The van der Waals surface area contributed by atoms with Crippen molar-refractivity contribution in [2.75, 3.05) is 27.2 Å². The van der Waals surface area contributed by atoms with Crippen molar-refractivity contribution in [2.24, 2.45) is 11.0 Å². The molecule has 2 aliphatic heterocycles. The van der Waals surface area contributed by atoms with Crippen LogP contribution in [0.4, 0.5) is 0 Å². The van der Waals surface area contributed by atoms with Crippen LogP contribution in [-0.2, 0) is 0 Å². The van der Waals surface area contributed by atoms with Crippen LogP contribution in [0.25, 0.3) is 0 Å². The number of hydrazone groups is 1. The first-order valence-corrected chi connectivity index (χ1v) is 7.93. The van der Waals surface area contributed by atoms with E-state index in [-0.39, 0.29) is 12.1 Å². The highest BCUT2D eigenvalue weighted by Crippen LogP contribution is 2.36. The van der Waals surface area contributed by atoms with Gasteiger partial charge in [0.1, 0.15) is 0 Å². The molecule has 22 heavy (non-hydrogen) atoms. The smallest absolute Gasteiger partial charge is 0.161 e. The average molecular weight is 303 g/mol. The zero-order chi connectivity index (χ0) is 15.7. The fourth-order valence-corrected chi connectivity index (χ4v) is 3.24. The van der Waals surface area contributed by atoms with Crippen molar-refractivity contribution >= 4 is 5.71 Å². The summed E-state index contributed by atoms with van der Waals surface area (Å²) in [5.74, 6) is 2.02. The zero-order valence-electron chi connectivity index (χ0n) is 13.8. The van der Waals surface area contributed by atoms with Gasteiger partial charge in [-0.15, -0.1) is 0 Å².